The van der Waals surface area contributed by atoms with Crippen molar-refractivity contribution in [2.45, 2.75) is 20.0 Å². The number of carbonyl (C=O) groups excluding carboxylic acids is 1. The smallest absolute Gasteiger partial charge is 0.416 e. The largest absolute Gasteiger partial charge is 0.478 e. The monoisotopic (exact) mass is 403 g/mol. The van der Waals surface area contributed by atoms with Gasteiger partial charge in [-0.2, -0.15) is 18.3 Å². The highest BCUT2D eigenvalue weighted by atomic mass is 19.4. The van der Waals surface area contributed by atoms with Gasteiger partial charge >= 0.3 is 12.1 Å². The SMILES string of the molecule is Cc1ccc(C(F)(F)F)cc1NC(=O)c1ccc(-n2ncc(C(=O)O)c2C)cc1. The molecule has 0 unspecified atom stereocenters. The van der Waals surface area contributed by atoms with E-state index in [1.807, 2.05) is 0 Å². The summed E-state index contributed by atoms with van der Waals surface area (Å²) in [4.78, 5) is 23.6. The number of alkyl halides is 3. The molecule has 1 amide bonds. The minimum atomic E-state index is -4.51. The zero-order valence-corrected chi connectivity index (χ0v) is 15.4. The molecule has 0 aliphatic rings. The quantitative estimate of drug-likeness (QED) is 0.674. The molecule has 0 radical (unpaired) electrons. The topological polar surface area (TPSA) is 84.2 Å². The molecule has 3 rings (SSSR count). The molecule has 0 bridgehead atoms. The van der Waals surface area contributed by atoms with Crippen molar-refractivity contribution in [1.82, 2.24) is 9.78 Å². The number of carbonyl (C=O) groups is 2. The lowest BCUT2D eigenvalue weighted by Crippen LogP contribution is -2.14. The van der Waals surface area contributed by atoms with E-state index in [4.69, 9.17) is 5.11 Å². The normalized spacial score (nSPS) is 11.3. The van der Waals surface area contributed by atoms with Crippen LogP contribution in [0.25, 0.3) is 5.69 Å². The third kappa shape index (κ3) is 4.13. The Hall–Kier alpha value is -3.62. The maximum atomic E-state index is 12.9. The van der Waals surface area contributed by atoms with E-state index >= 15 is 0 Å². The van der Waals surface area contributed by atoms with E-state index in [0.717, 1.165) is 12.1 Å². The fraction of sp³-hybridized carbons (Fsp3) is 0.150. The van der Waals surface area contributed by atoms with E-state index in [1.165, 1.54) is 29.1 Å². The van der Waals surface area contributed by atoms with Gasteiger partial charge in [-0.25, -0.2) is 9.48 Å². The number of hydrogen-bond acceptors (Lipinski definition) is 3. The van der Waals surface area contributed by atoms with Crippen molar-refractivity contribution >= 4 is 17.6 Å². The molecule has 3 aromatic rings. The van der Waals surface area contributed by atoms with Gasteiger partial charge in [0.05, 0.1) is 23.1 Å². The van der Waals surface area contributed by atoms with Crippen molar-refractivity contribution in [3.8, 4) is 5.69 Å². The first kappa shape index (κ1) is 20.1. The van der Waals surface area contributed by atoms with Gasteiger partial charge in [-0.3, -0.25) is 4.79 Å². The predicted octanol–water partition coefficient (Wildman–Crippen LogP) is 4.46. The average molecular weight is 403 g/mol. The lowest BCUT2D eigenvalue weighted by Gasteiger charge is -2.13. The summed E-state index contributed by atoms with van der Waals surface area (Å²) >= 11 is 0. The van der Waals surface area contributed by atoms with Crippen LogP contribution in [0.4, 0.5) is 18.9 Å². The molecular formula is C20H16F3N3O3. The Morgan fingerprint density at radius 1 is 1.07 bits per heavy atom. The van der Waals surface area contributed by atoms with Crippen molar-refractivity contribution in [1.29, 1.82) is 0 Å². The van der Waals surface area contributed by atoms with Gasteiger partial charge in [-0.1, -0.05) is 6.07 Å². The second-order valence-electron chi connectivity index (χ2n) is 6.39. The third-order valence-electron chi connectivity index (χ3n) is 4.43. The number of rotatable bonds is 4. The van der Waals surface area contributed by atoms with Crippen LogP contribution in [0.1, 0.15) is 37.5 Å². The van der Waals surface area contributed by atoms with Crippen molar-refractivity contribution in [3.05, 3.63) is 76.6 Å². The predicted molar refractivity (Wildman–Crippen MR) is 99.4 cm³/mol. The molecular weight excluding hydrogens is 387 g/mol. The number of anilines is 1. The van der Waals surface area contributed by atoms with Crippen LogP contribution in [0.5, 0.6) is 0 Å². The fourth-order valence-electron chi connectivity index (χ4n) is 2.76. The standard InChI is InChI=1S/C20H16F3N3O3/c1-11-3-6-14(20(21,22)23)9-17(11)25-18(27)13-4-7-15(8-5-13)26-12(2)16(10-24-26)19(28)29/h3-10H,1-2H3,(H,25,27)(H,28,29). The summed E-state index contributed by atoms with van der Waals surface area (Å²) in [5.41, 5.74) is 0.980. The summed E-state index contributed by atoms with van der Waals surface area (Å²) in [6, 6.07) is 9.24. The molecule has 0 saturated heterocycles. The molecule has 1 heterocycles. The van der Waals surface area contributed by atoms with Gasteiger partial charge in [0.2, 0.25) is 0 Å². The summed E-state index contributed by atoms with van der Waals surface area (Å²) in [6.45, 7) is 3.20. The first-order chi connectivity index (χ1) is 13.6. The molecule has 0 aliphatic heterocycles. The molecule has 0 atom stereocenters. The zero-order chi connectivity index (χ0) is 21.3. The van der Waals surface area contributed by atoms with Crippen LogP contribution in [-0.4, -0.2) is 26.8 Å². The van der Waals surface area contributed by atoms with Crippen LogP contribution < -0.4 is 5.32 Å². The van der Waals surface area contributed by atoms with Crippen molar-refractivity contribution in [2.24, 2.45) is 0 Å². The maximum absolute atomic E-state index is 12.9. The molecule has 0 fully saturated rings. The number of benzene rings is 2. The Kier molecular flexibility index (Phi) is 5.15. The summed E-state index contributed by atoms with van der Waals surface area (Å²) < 4.78 is 40.1. The Morgan fingerprint density at radius 3 is 2.28 bits per heavy atom. The van der Waals surface area contributed by atoms with Crippen LogP contribution in [-0.2, 0) is 6.18 Å². The molecule has 0 spiro atoms. The molecule has 1 aromatic heterocycles. The van der Waals surface area contributed by atoms with Gasteiger partial charge in [-0.05, 0) is 55.8 Å². The van der Waals surface area contributed by atoms with Crippen LogP contribution in [0.2, 0.25) is 0 Å². The van der Waals surface area contributed by atoms with Crippen molar-refractivity contribution in [3.63, 3.8) is 0 Å². The number of halogens is 3. The van der Waals surface area contributed by atoms with Crippen LogP contribution >= 0.6 is 0 Å². The van der Waals surface area contributed by atoms with Gasteiger partial charge in [0.15, 0.2) is 0 Å². The summed E-state index contributed by atoms with van der Waals surface area (Å²) in [5, 5.41) is 15.6. The Bertz CT molecular complexity index is 1090. The second-order valence-corrected chi connectivity index (χ2v) is 6.39. The van der Waals surface area contributed by atoms with Gasteiger partial charge in [0.25, 0.3) is 5.91 Å². The number of nitrogens with zero attached hydrogens (tertiary/aromatic N) is 2. The van der Waals surface area contributed by atoms with Gasteiger partial charge in [0.1, 0.15) is 5.56 Å². The van der Waals surface area contributed by atoms with E-state index in [9.17, 15) is 22.8 Å². The number of aryl methyl sites for hydroxylation is 1. The lowest BCUT2D eigenvalue weighted by atomic mass is 10.1. The minimum absolute atomic E-state index is 0.0619. The third-order valence-corrected chi connectivity index (χ3v) is 4.43. The lowest BCUT2D eigenvalue weighted by molar-refractivity contribution is -0.137. The van der Waals surface area contributed by atoms with Crippen molar-refractivity contribution < 1.29 is 27.9 Å². The molecule has 9 heteroatoms. The summed E-state index contributed by atoms with van der Waals surface area (Å²) in [5.74, 6) is -1.66. The zero-order valence-electron chi connectivity index (χ0n) is 15.4. The molecule has 6 nitrogen and oxygen atoms in total. The number of aromatic carboxylic acids is 1. The average Bonchev–Trinajstić information content (AvgIpc) is 3.04. The highest BCUT2D eigenvalue weighted by Gasteiger charge is 2.31. The fourth-order valence-corrected chi connectivity index (χ4v) is 2.76. The molecule has 0 saturated carbocycles. The van der Waals surface area contributed by atoms with E-state index in [1.54, 1.807) is 26.0 Å². The number of hydrogen-bond donors (Lipinski definition) is 2. The first-order valence-corrected chi connectivity index (χ1v) is 8.45. The Balaban J connectivity index is 1.82. The van der Waals surface area contributed by atoms with E-state index in [-0.39, 0.29) is 16.8 Å². The van der Waals surface area contributed by atoms with E-state index in [0.29, 0.717) is 16.9 Å². The minimum Gasteiger partial charge on any atom is -0.478 e. The van der Waals surface area contributed by atoms with Gasteiger partial charge in [0, 0.05) is 11.3 Å². The first-order valence-electron chi connectivity index (χ1n) is 8.45. The molecule has 2 N–H and O–H groups in total. The second kappa shape index (κ2) is 7.42. The van der Waals surface area contributed by atoms with E-state index in [2.05, 4.69) is 10.4 Å². The van der Waals surface area contributed by atoms with E-state index < -0.39 is 23.6 Å². The number of nitrogens with one attached hydrogen (secondary N) is 1. The Labute approximate surface area is 163 Å². The summed E-state index contributed by atoms with van der Waals surface area (Å²) in [7, 11) is 0. The molecule has 2 aromatic carbocycles. The molecule has 29 heavy (non-hydrogen) atoms. The number of carboxylic acid groups (broad SMARTS) is 1. The highest BCUT2D eigenvalue weighted by molar-refractivity contribution is 6.04. The molecule has 0 aliphatic carbocycles. The number of aromatic nitrogens is 2. The van der Waals surface area contributed by atoms with Crippen molar-refractivity contribution in [2.75, 3.05) is 5.32 Å². The van der Waals surface area contributed by atoms with Crippen LogP contribution in [0.3, 0.4) is 0 Å². The maximum Gasteiger partial charge on any atom is 0.416 e. The number of amides is 1. The van der Waals surface area contributed by atoms with Gasteiger partial charge in [-0.15, -0.1) is 0 Å². The summed E-state index contributed by atoms with van der Waals surface area (Å²) in [6.07, 6.45) is -3.28. The highest BCUT2D eigenvalue weighted by Crippen LogP contribution is 2.32. The number of carboxylic acids is 1. The Morgan fingerprint density at radius 2 is 1.72 bits per heavy atom. The molecule has 150 valence electrons. The van der Waals surface area contributed by atoms with Crippen LogP contribution in [0, 0.1) is 13.8 Å². The van der Waals surface area contributed by atoms with Crippen LogP contribution in [0.15, 0.2) is 48.7 Å². The van der Waals surface area contributed by atoms with Gasteiger partial charge < -0.3 is 10.4 Å².